The lowest BCUT2D eigenvalue weighted by molar-refractivity contribution is 0.197. The molecule has 1 fully saturated rings. The number of nitrogens with one attached hydrogen (secondary N) is 2. The van der Waals surface area contributed by atoms with Crippen molar-refractivity contribution in [2.24, 2.45) is 4.99 Å². The van der Waals surface area contributed by atoms with Crippen molar-refractivity contribution in [2.45, 2.75) is 37.6 Å². The van der Waals surface area contributed by atoms with Gasteiger partial charge in [0.2, 0.25) is 0 Å². The molecule has 4 nitrogen and oxygen atoms in total. The molecule has 1 aromatic rings. The van der Waals surface area contributed by atoms with Gasteiger partial charge in [-0.2, -0.15) is 0 Å². The second kappa shape index (κ2) is 8.33. The Morgan fingerprint density at radius 1 is 1.17 bits per heavy atom. The van der Waals surface area contributed by atoms with Crippen molar-refractivity contribution in [3.8, 4) is 0 Å². The van der Waals surface area contributed by atoms with Gasteiger partial charge in [0.15, 0.2) is 5.96 Å². The highest BCUT2D eigenvalue weighted by atomic mass is 127. The quantitative estimate of drug-likeness (QED) is 0.414. The highest BCUT2D eigenvalue weighted by Crippen LogP contribution is 2.47. The van der Waals surface area contributed by atoms with Crippen LogP contribution in [0.25, 0.3) is 0 Å². The Hall–Kier alpha value is -0.820. The van der Waals surface area contributed by atoms with Crippen molar-refractivity contribution in [3.63, 3.8) is 0 Å². The Bertz CT molecular complexity index is 507. The standard InChI is InChI=1S/C18H30N4.HI/c1-17(2,22(4)5)13-20-16(19-3)21-14-18(11-12-18)15-9-7-6-8-10-15;/h6-10H,11-14H2,1-5H3,(H2,19,20,21);1H. The van der Waals surface area contributed by atoms with Gasteiger partial charge in [-0.15, -0.1) is 24.0 Å². The summed E-state index contributed by atoms with van der Waals surface area (Å²) in [5.74, 6) is 0.886. The molecule has 2 N–H and O–H groups in total. The summed E-state index contributed by atoms with van der Waals surface area (Å²) in [7, 11) is 6.04. The van der Waals surface area contributed by atoms with E-state index in [1.807, 2.05) is 7.05 Å². The van der Waals surface area contributed by atoms with Gasteiger partial charge in [-0.05, 0) is 46.3 Å². The van der Waals surface area contributed by atoms with Gasteiger partial charge in [-0.3, -0.25) is 4.99 Å². The van der Waals surface area contributed by atoms with Gasteiger partial charge in [-0.25, -0.2) is 0 Å². The topological polar surface area (TPSA) is 39.7 Å². The molecule has 0 radical (unpaired) electrons. The molecule has 1 aromatic carbocycles. The predicted molar refractivity (Wildman–Crippen MR) is 110 cm³/mol. The van der Waals surface area contributed by atoms with Crippen LogP contribution in [-0.2, 0) is 5.41 Å². The number of halogens is 1. The molecular formula is C18H31IN4. The number of guanidine groups is 1. The van der Waals surface area contributed by atoms with Gasteiger partial charge >= 0.3 is 0 Å². The van der Waals surface area contributed by atoms with Crippen LogP contribution >= 0.6 is 24.0 Å². The average molecular weight is 430 g/mol. The van der Waals surface area contributed by atoms with Crippen molar-refractivity contribution in [3.05, 3.63) is 35.9 Å². The number of rotatable bonds is 6. The first-order chi connectivity index (χ1) is 10.4. The molecule has 5 heteroatoms. The highest BCUT2D eigenvalue weighted by molar-refractivity contribution is 14.0. The fourth-order valence-corrected chi connectivity index (χ4v) is 2.44. The molecule has 0 amide bonds. The Morgan fingerprint density at radius 3 is 2.26 bits per heavy atom. The molecule has 0 bridgehead atoms. The normalized spacial score (nSPS) is 16.7. The van der Waals surface area contributed by atoms with Crippen LogP contribution in [0.1, 0.15) is 32.3 Å². The second-order valence-corrected chi connectivity index (χ2v) is 7.13. The average Bonchev–Trinajstić information content (AvgIpc) is 3.29. The molecule has 1 aliphatic carbocycles. The van der Waals surface area contributed by atoms with Crippen LogP contribution in [0.2, 0.25) is 0 Å². The van der Waals surface area contributed by atoms with Crippen LogP contribution < -0.4 is 10.6 Å². The Labute approximate surface area is 158 Å². The van der Waals surface area contributed by atoms with Gasteiger partial charge in [-0.1, -0.05) is 30.3 Å². The van der Waals surface area contributed by atoms with Gasteiger partial charge in [0.25, 0.3) is 0 Å². The summed E-state index contributed by atoms with van der Waals surface area (Å²) in [5.41, 5.74) is 1.83. The third-order valence-corrected chi connectivity index (χ3v) is 4.96. The van der Waals surface area contributed by atoms with E-state index in [1.165, 1.54) is 18.4 Å². The van der Waals surface area contributed by atoms with E-state index in [2.05, 4.69) is 78.8 Å². The van der Waals surface area contributed by atoms with Crippen LogP contribution in [0.3, 0.4) is 0 Å². The summed E-state index contributed by atoms with van der Waals surface area (Å²) in [6.45, 7) is 6.25. The van der Waals surface area contributed by atoms with E-state index in [0.29, 0.717) is 5.41 Å². The summed E-state index contributed by atoms with van der Waals surface area (Å²) in [4.78, 5) is 6.57. The molecule has 0 unspecified atom stereocenters. The molecule has 130 valence electrons. The molecular weight excluding hydrogens is 399 g/mol. The van der Waals surface area contributed by atoms with E-state index in [1.54, 1.807) is 0 Å². The van der Waals surface area contributed by atoms with E-state index < -0.39 is 0 Å². The van der Waals surface area contributed by atoms with Crippen LogP contribution in [0.5, 0.6) is 0 Å². The van der Waals surface area contributed by atoms with Gasteiger partial charge in [0.05, 0.1) is 0 Å². The zero-order valence-corrected chi connectivity index (χ0v) is 17.3. The SMILES string of the molecule is CN=C(NCC1(c2ccccc2)CC1)NCC(C)(C)N(C)C.I. The summed E-state index contributed by atoms with van der Waals surface area (Å²) in [5, 5.41) is 6.94. The van der Waals surface area contributed by atoms with E-state index in [9.17, 15) is 0 Å². The first-order valence-electron chi connectivity index (χ1n) is 8.07. The zero-order valence-electron chi connectivity index (χ0n) is 15.0. The fourth-order valence-electron chi connectivity index (χ4n) is 2.44. The maximum absolute atomic E-state index is 4.35. The number of hydrogen-bond donors (Lipinski definition) is 2. The van der Waals surface area contributed by atoms with Gasteiger partial charge in [0.1, 0.15) is 0 Å². The Morgan fingerprint density at radius 2 is 1.78 bits per heavy atom. The minimum absolute atomic E-state index is 0. The number of nitrogens with zero attached hydrogens (tertiary/aromatic N) is 2. The van der Waals surface area contributed by atoms with Crippen molar-refractivity contribution < 1.29 is 0 Å². The molecule has 23 heavy (non-hydrogen) atoms. The molecule has 1 aliphatic rings. The van der Waals surface area contributed by atoms with Crippen molar-refractivity contribution >= 4 is 29.9 Å². The molecule has 0 spiro atoms. The van der Waals surface area contributed by atoms with E-state index >= 15 is 0 Å². The largest absolute Gasteiger partial charge is 0.356 e. The number of aliphatic imine (C=N–C) groups is 1. The van der Waals surface area contributed by atoms with Crippen molar-refractivity contribution in [1.29, 1.82) is 0 Å². The van der Waals surface area contributed by atoms with Crippen LogP contribution in [0.15, 0.2) is 35.3 Å². The minimum Gasteiger partial charge on any atom is -0.356 e. The summed E-state index contributed by atoms with van der Waals surface area (Å²) in [6, 6.07) is 10.8. The second-order valence-electron chi connectivity index (χ2n) is 7.13. The molecule has 0 heterocycles. The minimum atomic E-state index is 0. The zero-order chi connectivity index (χ0) is 16.2. The van der Waals surface area contributed by atoms with Gasteiger partial charge in [0, 0.05) is 31.1 Å². The van der Waals surface area contributed by atoms with Crippen molar-refractivity contribution in [1.82, 2.24) is 15.5 Å². The smallest absolute Gasteiger partial charge is 0.191 e. The lowest BCUT2D eigenvalue weighted by atomic mass is 9.96. The monoisotopic (exact) mass is 430 g/mol. The summed E-state index contributed by atoms with van der Waals surface area (Å²) < 4.78 is 0. The molecule has 0 aliphatic heterocycles. The highest BCUT2D eigenvalue weighted by Gasteiger charge is 2.44. The molecule has 2 rings (SSSR count). The number of likely N-dealkylation sites (N-methyl/N-ethyl adjacent to an activating group) is 1. The number of hydrogen-bond acceptors (Lipinski definition) is 2. The summed E-state index contributed by atoms with van der Waals surface area (Å²) in [6.07, 6.45) is 2.51. The fraction of sp³-hybridized carbons (Fsp3) is 0.611. The number of benzene rings is 1. The Kier molecular flexibility index (Phi) is 7.32. The Balaban J connectivity index is 0.00000264. The van der Waals surface area contributed by atoms with E-state index in [4.69, 9.17) is 0 Å². The lowest BCUT2D eigenvalue weighted by Crippen LogP contribution is -2.51. The van der Waals surface area contributed by atoms with Crippen molar-refractivity contribution in [2.75, 3.05) is 34.2 Å². The molecule has 0 aromatic heterocycles. The predicted octanol–water partition coefficient (Wildman–Crippen LogP) is 2.84. The maximum Gasteiger partial charge on any atom is 0.191 e. The third kappa shape index (κ3) is 5.35. The van der Waals surface area contributed by atoms with Crippen LogP contribution in [0, 0.1) is 0 Å². The first-order valence-corrected chi connectivity index (χ1v) is 8.07. The van der Waals surface area contributed by atoms with E-state index in [0.717, 1.165) is 19.0 Å². The maximum atomic E-state index is 4.35. The lowest BCUT2D eigenvalue weighted by Gasteiger charge is -2.33. The van der Waals surface area contributed by atoms with E-state index in [-0.39, 0.29) is 29.5 Å². The summed E-state index contributed by atoms with van der Waals surface area (Å²) >= 11 is 0. The molecule has 1 saturated carbocycles. The first kappa shape index (κ1) is 20.2. The third-order valence-electron chi connectivity index (χ3n) is 4.96. The van der Waals surface area contributed by atoms with Crippen LogP contribution in [-0.4, -0.2) is 50.6 Å². The van der Waals surface area contributed by atoms with Crippen LogP contribution in [0.4, 0.5) is 0 Å². The molecule has 0 saturated heterocycles. The van der Waals surface area contributed by atoms with Gasteiger partial charge < -0.3 is 15.5 Å². The molecule has 0 atom stereocenters.